The van der Waals surface area contributed by atoms with Crippen molar-refractivity contribution < 1.29 is 9.47 Å². The number of rotatable bonds is 7. The predicted molar refractivity (Wildman–Crippen MR) is 86.6 cm³/mol. The van der Waals surface area contributed by atoms with E-state index in [1.807, 2.05) is 0 Å². The lowest BCUT2D eigenvalue weighted by Crippen LogP contribution is -2.38. The van der Waals surface area contributed by atoms with E-state index in [2.05, 4.69) is 31.2 Å². The lowest BCUT2D eigenvalue weighted by Gasteiger charge is -2.35. The van der Waals surface area contributed by atoms with E-state index >= 15 is 0 Å². The van der Waals surface area contributed by atoms with Crippen molar-refractivity contribution in [1.82, 2.24) is 0 Å². The number of methoxy groups -OCH3 is 1. The third kappa shape index (κ3) is 4.72. The molecule has 3 unspecified atom stereocenters. The highest BCUT2D eigenvalue weighted by Gasteiger charge is 2.30. The molecular formula is C18H29NO2. The summed E-state index contributed by atoms with van der Waals surface area (Å²) >= 11 is 0. The summed E-state index contributed by atoms with van der Waals surface area (Å²) in [6.45, 7) is 3.76. The Morgan fingerprint density at radius 3 is 2.57 bits per heavy atom. The van der Waals surface area contributed by atoms with Crippen LogP contribution in [0.5, 0.6) is 5.75 Å². The van der Waals surface area contributed by atoms with Crippen molar-refractivity contribution in [3.8, 4) is 5.75 Å². The monoisotopic (exact) mass is 291 g/mol. The van der Waals surface area contributed by atoms with Gasteiger partial charge in [-0.15, -0.1) is 0 Å². The third-order valence-corrected chi connectivity index (χ3v) is 4.72. The maximum atomic E-state index is 6.24. The Bertz CT molecular complexity index is 404. The summed E-state index contributed by atoms with van der Waals surface area (Å²) in [4.78, 5) is 0. The Kier molecular flexibility index (Phi) is 6.52. The molecule has 0 aromatic heterocycles. The van der Waals surface area contributed by atoms with Gasteiger partial charge in [0.1, 0.15) is 11.9 Å². The fourth-order valence-corrected chi connectivity index (χ4v) is 3.19. The van der Waals surface area contributed by atoms with Crippen LogP contribution in [0.1, 0.15) is 38.2 Å². The minimum Gasteiger partial charge on any atom is -0.490 e. The molecule has 0 bridgehead atoms. The van der Waals surface area contributed by atoms with Gasteiger partial charge in [-0.25, -0.2) is 0 Å². The molecule has 1 aromatic carbocycles. The van der Waals surface area contributed by atoms with Gasteiger partial charge in [0, 0.05) is 13.0 Å². The summed E-state index contributed by atoms with van der Waals surface area (Å²) in [5.41, 5.74) is 7.21. The summed E-state index contributed by atoms with van der Waals surface area (Å²) < 4.78 is 11.3. The van der Waals surface area contributed by atoms with E-state index in [1.165, 1.54) is 24.8 Å². The van der Waals surface area contributed by atoms with Crippen LogP contribution in [0.3, 0.4) is 0 Å². The van der Waals surface area contributed by atoms with Crippen molar-refractivity contribution in [3.63, 3.8) is 0 Å². The number of hydrogen-bond donors (Lipinski definition) is 1. The predicted octanol–water partition coefficient (Wildman–Crippen LogP) is 3.41. The van der Waals surface area contributed by atoms with Crippen LogP contribution in [0.4, 0.5) is 0 Å². The second kappa shape index (κ2) is 8.40. The topological polar surface area (TPSA) is 44.5 Å². The molecule has 118 valence electrons. The fourth-order valence-electron chi connectivity index (χ4n) is 3.19. The smallest absolute Gasteiger partial charge is 0.119 e. The number of hydrogen-bond acceptors (Lipinski definition) is 3. The van der Waals surface area contributed by atoms with E-state index in [-0.39, 0.29) is 6.10 Å². The molecule has 0 saturated heterocycles. The van der Waals surface area contributed by atoms with Crippen LogP contribution < -0.4 is 10.5 Å². The molecule has 1 fully saturated rings. The van der Waals surface area contributed by atoms with Crippen LogP contribution in [0.15, 0.2) is 24.3 Å². The first-order valence-corrected chi connectivity index (χ1v) is 8.21. The first kappa shape index (κ1) is 16.3. The maximum Gasteiger partial charge on any atom is 0.119 e. The second-order valence-corrected chi connectivity index (χ2v) is 6.13. The van der Waals surface area contributed by atoms with Crippen molar-refractivity contribution in [3.05, 3.63) is 29.8 Å². The molecule has 0 aliphatic heterocycles. The van der Waals surface area contributed by atoms with E-state index < -0.39 is 0 Å². The Morgan fingerprint density at radius 2 is 1.95 bits per heavy atom. The minimum absolute atomic E-state index is 0.276. The molecule has 2 N–H and O–H groups in total. The molecule has 21 heavy (non-hydrogen) atoms. The van der Waals surface area contributed by atoms with Gasteiger partial charge in [0.15, 0.2) is 0 Å². The van der Waals surface area contributed by atoms with Crippen molar-refractivity contribution in [2.24, 2.45) is 17.6 Å². The molecule has 0 heterocycles. The average molecular weight is 291 g/mol. The van der Waals surface area contributed by atoms with E-state index in [0.717, 1.165) is 37.7 Å². The van der Waals surface area contributed by atoms with Crippen molar-refractivity contribution in [2.45, 2.75) is 45.1 Å². The van der Waals surface area contributed by atoms with Crippen LogP contribution in [-0.4, -0.2) is 26.4 Å². The van der Waals surface area contributed by atoms with E-state index in [9.17, 15) is 0 Å². The second-order valence-electron chi connectivity index (χ2n) is 6.13. The average Bonchev–Trinajstić information content (AvgIpc) is 2.54. The van der Waals surface area contributed by atoms with Crippen LogP contribution in [-0.2, 0) is 11.2 Å². The summed E-state index contributed by atoms with van der Waals surface area (Å²) in [7, 11) is 1.73. The van der Waals surface area contributed by atoms with Gasteiger partial charge in [-0.05, 0) is 55.8 Å². The molecule has 2 rings (SSSR count). The highest BCUT2D eigenvalue weighted by Crippen LogP contribution is 2.33. The Balaban J connectivity index is 1.94. The van der Waals surface area contributed by atoms with Crippen LogP contribution in [0.2, 0.25) is 0 Å². The molecule has 3 heteroatoms. The van der Waals surface area contributed by atoms with Gasteiger partial charge in [-0.3, -0.25) is 0 Å². The largest absolute Gasteiger partial charge is 0.490 e. The van der Waals surface area contributed by atoms with Crippen molar-refractivity contribution in [1.29, 1.82) is 0 Å². The summed E-state index contributed by atoms with van der Waals surface area (Å²) in [6.07, 6.45) is 6.11. The van der Waals surface area contributed by atoms with Crippen molar-refractivity contribution in [2.75, 3.05) is 20.3 Å². The quantitative estimate of drug-likeness (QED) is 0.837. The zero-order chi connectivity index (χ0) is 15.1. The van der Waals surface area contributed by atoms with E-state index in [4.69, 9.17) is 15.2 Å². The summed E-state index contributed by atoms with van der Waals surface area (Å²) in [5.74, 6) is 2.26. The van der Waals surface area contributed by atoms with Gasteiger partial charge >= 0.3 is 0 Å². The van der Waals surface area contributed by atoms with Crippen LogP contribution >= 0.6 is 0 Å². The minimum atomic E-state index is 0.276. The van der Waals surface area contributed by atoms with Gasteiger partial charge in [0.05, 0.1) is 6.61 Å². The lowest BCUT2D eigenvalue weighted by atomic mass is 9.78. The van der Waals surface area contributed by atoms with E-state index in [1.54, 1.807) is 7.11 Å². The standard InChI is InChI=1S/C18H29NO2/c1-3-14-4-7-16(13-19)18(12-14)21-17-8-5-15(6-9-17)10-11-20-2/h5-6,8-9,14,16,18H,3-4,7,10-13,19H2,1-2H3. The highest BCUT2D eigenvalue weighted by atomic mass is 16.5. The van der Waals surface area contributed by atoms with Crippen molar-refractivity contribution >= 4 is 0 Å². The Hall–Kier alpha value is -1.06. The Labute approximate surface area is 128 Å². The first-order chi connectivity index (χ1) is 10.3. The van der Waals surface area contributed by atoms with Crippen LogP contribution in [0.25, 0.3) is 0 Å². The van der Waals surface area contributed by atoms with Gasteiger partial charge in [-0.1, -0.05) is 25.5 Å². The number of nitrogens with two attached hydrogens (primary N) is 1. The molecule has 1 aromatic rings. The Morgan fingerprint density at radius 1 is 1.19 bits per heavy atom. The van der Waals surface area contributed by atoms with Gasteiger partial charge in [0.25, 0.3) is 0 Å². The molecule has 0 spiro atoms. The molecule has 0 radical (unpaired) electrons. The molecule has 1 saturated carbocycles. The zero-order valence-corrected chi connectivity index (χ0v) is 13.4. The van der Waals surface area contributed by atoms with Gasteiger partial charge in [0.2, 0.25) is 0 Å². The summed E-state index contributed by atoms with van der Waals surface area (Å²) in [6, 6.07) is 8.42. The first-order valence-electron chi connectivity index (χ1n) is 8.21. The number of benzene rings is 1. The van der Waals surface area contributed by atoms with Gasteiger partial charge in [-0.2, -0.15) is 0 Å². The molecule has 1 aliphatic rings. The maximum absolute atomic E-state index is 6.24. The van der Waals surface area contributed by atoms with E-state index in [0.29, 0.717) is 5.92 Å². The summed E-state index contributed by atoms with van der Waals surface area (Å²) in [5, 5.41) is 0. The van der Waals surface area contributed by atoms with Crippen LogP contribution in [0, 0.1) is 11.8 Å². The highest BCUT2D eigenvalue weighted by molar-refractivity contribution is 5.27. The third-order valence-electron chi connectivity index (χ3n) is 4.72. The SMILES string of the molecule is CCC1CCC(CN)C(Oc2ccc(CCOC)cc2)C1. The molecular weight excluding hydrogens is 262 g/mol. The molecule has 1 aliphatic carbocycles. The lowest BCUT2D eigenvalue weighted by molar-refractivity contribution is 0.0684. The molecule has 3 atom stereocenters. The number of ether oxygens (including phenoxy) is 2. The zero-order valence-electron chi connectivity index (χ0n) is 13.4. The van der Waals surface area contributed by atoms with Gasteiger partial charge < -0.3 is 15.2 Å². The molecule has 3 nitrogen and oxygen atoms in total. The molecule has 0 amide bonds. The normalized spacial score (nSPS) is 25.8. The fraction of sp³-hybridized carbons (Fsp3) is 0.667.